The molecular formula is C20H14BrF4N3O. The van der Waals surface area contributed by atoms with Crippen molar-refractivity contribution in [1.82, 2.24) is 15.3 Å². The Hall–Kier alpha value is -2.81. The van der Waals surface area contributed by atoms with Gasteiger partial charge in [-0.2, -0.15) is 13.2 Å². The summed E-state index contributed by atoms with van der Waals surface area (Å²) in [6, 6.07) is 9.71. The molecular weight excluding hydrogens is 454 g/mol. The second-order valence-electron chi connectivity index (χ2n) is 6.08. The number of rotatable bonds is 5. The number of hydrogen-bond acceptors (Lipinski definition) is 3. The van der Waals surface area contributed by atoms with E-state index in [9.17, 15) is 22.4 Å². The minimum absolute atomic E-state index is 0.0306. The number of alkyl halides is 4. The van der Waals surface area contributed by atoms with Crippen LogP contribution in [0.25, 0.3) is 0 Å². The van der Waals surface area contributed by atoms with Crippen molar-refractivity contribution < 1.29 is 22.4 Å². The van der Waals surface area contributed by atoms with Crippen molar-refractivity contribution in [2.75, 3.05) is 0 Å². The number of nitrogens with zero attached hydrogens (tertiary/aromatic N) is 2. The van der Waals surface area contributed by atoms with Gasteiger partial charge in [-0.1, -0.05) is 24.3 Å². The number of benzene rings is 1. The number of carbonyl (C=O) groups is 1. The molecule has 9 heteroatoms. The third-order valence-electron chi connectivity index (χ3n) is 4.12. The number of halogens is 5. The second-order valence-corrected chi connectivity index (χ2v) is 6.99. The van der Waals surface area contributed by atoms with Crippen molar-refractivity contribution in [3.8, 4) is 0 Å². The fourth-order valence-corrected chi connectivity index (χ4v) is 2.95. The predicted molar refractivity (Wildman–Crippen MR) is 102 cm³/mol. The molecule has 0 radical (unpaired) electrons. The maximum atomic E-state index is 13.5. The summed E-state index contributed by atoms with van der Waals surface area (Å²) in [6.07, 6.45) is -2.04. The van der Waals surface area contributed by atoms with Crippen LogP contribution >= 0.6 is 15.9 Å². The maximum absolute atomic E-state index is 13.5. The lowest BCUT2D eigenvalue weighted by Gasteiger charge is -2.22. The molecule has 0 aliphatic rings. The van der Waals surface area contributed by atoms with Crippen LogP contribution in [0.2, 0.25) is 0 Å². The van der Waals surface area contributed by atoms with Crippen LogP contribution in [-0.4, -0.2) is 15.9 Å². The first kappa shape index (κ1) is 20.9. The molecule has 29 heavy (non-hydrogen) atoms. The van der Waals surface area contributed by atoms with E-state index in [2.05, 4.69) is 31.2 Å². The molecule has 1 N–H and O–H groups in total. The lowest BCUT2D eigenvalue weighted by molar-refractivity contribution is -0.138. The van der Waals surface area contributed by atoms with Crippen LogP contribution in [0.4, 0.5) is 17.6 Å². The molecule has 0 fully saturated rings. The predicted octanol–water partition coefficient (Wildman–Crippen LogP) is 5.25. The van der Waals surface area contributed by atoms with Crippen LogP contribution in [-0.2, 0) is 12.9 Å². The van der Waals surface area contributed by atoms with Gasteiger partial charge in [-0.05, 0) is 51.3 Å². The molecule has 3 aromatic rings. The molecule has 1 amide bonds. The molecule has 0 spiro atoms. The molecule has 0 saturated carbocycles. The van der Waals surface area contributed by atoms with Crippen LogP contribution in [0.5, 0.6) is 0 Å². The normalized spacial score (nSPS) is 12.4. The van der Waals surface area contributed by atoms with E-state index >= 15 is 0 Å². The van der Waals surface area contributed by atoms with E-state index in [0.717, 1.165) is 6.07 Å². The highest BCUT2D eigenvalue weighted by atomic mass is 79.9. The topological polar surface area (TPSA) is 54.9 Å². The zero-order valence-electron chi connectivity index (χ0n) is 14.8. The first-order chi connectivity index (χ1) is 13.8. The van der Waals surface area contributed by atoms with E-state index in [1.165, 1.54) is 48.8 Å². The number of pyridine rings is 2. The lowest BCUT2D eigenvalue weighted by Crippen LogP contribution is -2.32. The van der Waals surface area contributed by atoms with Crippen LogP contribution in [0, 0.1) is 0 Å². The summed E-state index contributed by atoms with van der Waals surface area (Å²) >= 11 is 3.20. The third kappa shape index (κ3) is 4.97. The second kappa shape index (κ2) is 8.69. The molecule has 0 unspecified atom stereocenters. The van der Waals surface area contributed by atoms with Gasteiger partial charge in [0.15, 0.2) is 0 Å². The molecule has 4 nitrogen and oxygen atoms in total. The fourth-order valence-electron chi connectivity index (χ4n) is 2.71. The van der Waals surface area contributed by atoms with Crippen LogP contribution < -0.4 is 5.32 Å². The summed E-state index contributed by atoms with van der Waals surface area (Å²) in [5, 5.41) is 2.56. The Morgan fingerprint density at radius 2 is 1.79 bits per heavy atom. The summed E-state index contributed by atoms with van der Waals surface area (Å²) in [5.41, 5.74) is -0.604. The molecule has 3 rings (SSSR count). The van der Waals surface area contributed by atoms with Gasteiger partial charge in [0.05, 0.1) is 17.3 Å². The van der Waals surface area contributed by atoms with Gasteiger partial charge in [0.25, 0.3) is 5.91 Å². The fraction of sp³-hybridized carbons (Fsp3) is 0.150. The summed E-state index contributed by atoms with van der Waals surface area (Å²) in [5.74, 6) is -0.671. The van der Waals surface area contributed by atoms with Crippen molar-refractivity contribution in [3.05, 3.63) is 93.5 Å². The maximum Gasteiger partial charge on any atom is 0.418 e. The SMILES string of the molecule is O=C(N[C@@H](c1ccc(CF)cc1)c1ncccc1C(F)(F)F)c1ccc(Br)cn1. The molecule has 0 bridgehead atoms. The Balaban J connectivity index is 2.05. The van der Waals surface area contributed by atoms with Crippen molar-refractivity contribution in [2.45, 2.75) is 18.9 Å². The minimum atomic E-state index is -4.67. The van der Waals surface area contributed by atoms with E-state index in [0.29, 0.717) is 15.6 Å². The summed E-state index contributed by atoms with van der Waals surface area (Å²) in [4.78, 5) is 20.5. The largest absolute Gasteiger partial charge is 0.418 e. The van der Waals surface area contributed by atoms with Gasteiger partial charge >= 0.3 is 6.18 Å². The Labute approximate surface area is 172 Å². The molecule has 1 aromatic carbocycles. The quantitative estimate of drug-likeness (QED) is 0.521. The first-order valence-corrected chi connectivity index (χ1v) is 9.18. The van der Waals surface area contributed by atoms with Crippen molar-refractivity contribution in [3.63, 3.8) is 0 Å². The van der Waals surface area contributed by atoms with Crippen LogP contribution in [0.15, 0.2) is 65.4 Å². The van der Waals surface area contributed by atoms with Gasteiger partial charge in [-0.3, -0.25) is 9.78 Å². The van der Waals surface area contributed by atoms with Gasteiger partial charge in [-0.25, -0.2) is 9.37 Å². The van der Waals surface area contributed by atoms with Crippen LogP contribution in [0.1, 0.15) is 38.9 Å². The zero-order valence-corrected chi connectivity index (χ0v) is 16.3. The molecule has 0 saturated heterocycles. The van der Waals surface area contributed by atoms with Gasteiger partial charge in [0.1, 0.15) is 12.4 Å². The Bertz CT molecular complexity index is 992. The van der Waals surface area contributed by atoms with E-state index < -0.39 is 30.4 Å². The lowest BCUT2D eigenvalue weighted by atomic mass is 9.97. The monoisotopic (exact) mass is 467 g/mol. The number of aromatic nitrogens is 2. The van der Waals surface area contributed by atoms with Gasteiger partial charge in [0, 0.05) is 16.9 Å². The Morgan fingerprint density at radius 1 is 1.07 bits per heavy atom. The van der Waals surface area contributed by atoms with E-state index in [4.69, 9.17) is 0 Å². The molecule has 0 aliphatic carbocycles. The average molecular weight is 468 g/mol. The molecule has 150 valence electrons. The van der Waals surface area contributed by atoms with E-state index in [1.54, 1.807) is 6.07 Å². The van der Waals surface area contributed by atoms with Crippen molar-refractivity contribution in [2.24, 2.45) is 0 Å². The van der Waals surface area contributed by atoms with Gasteiger partial charge in [-0.15, -0.1) is 0 Å². The van der Waals surface area contributed by atoms with Gasteiger partial charge < -0.3 is 5.32 Å². The summed E-state index contributed by atoms with van der Waals surface area (Å²) in [7, 11) is 0. The number of hydrogen-bond donors (Lipinski definition) is 1. The summed E-state index contributed by atoms with van der Waals surface area (Å²) < 4.78 is 54.1. The highest BCUT2D eigenvalue weighted by Gasteiger charge is 2.37. The van der Waals surface area contributed by atoms with E-state index in [-0.39, 0.29) is 11.4 Å². The number of nitrogens with one attached hydrogen (secondary N) is 1. The Kier molecular flexibility index (Phi) is 6.26. The molecule has 2 aromatic heterocycles. The molecule has 2 heterocycles. The average Bonchev–Trinajstić information content (AvgIpc) is 2.72. The third-order valence-corrected chi connectivity index (χ3v) is 4.59. The minimum Gasteiger partial charge on any atom is -0.338 e. The first-order valence-electron chi connectivity index (χ1n) is 8.39. The highest BCUT2D eigenvalue weighted by molar-refractivity contribution is 9.10. The van der Waals surface area contributed by atoms with Crippen molar-refractivity contribution >= 4 is 21.8 Å². The van der Waals surface area contributed by atoms with Crippen molar-refractivity contribution in [1.29, 1.82) is 0 Å². The number of amides is 1. The highest BCUT2D eigenvalue weighted by Crippen LogP contribution is 2.35. The van der Waals surface area contributed by atoms with E-state index in [1.807, 2.05) is 0 Å². The Morgan fingerprint density at radius 3 is 2.38 bits per heavy atom. The standard InChI is InChI=1S/C20H14BrF4N3O/c21-14-7-8-16(27-11-14)19(29)28-17(13-5-3-12(10-22)4-6-13)18-15(20(23,24)25)2-1-9-26-18/h1-9,11,17H,10H2,(H,28,29)/t17-/m0/s1. The smallest absolute Gasteiger partial charge is 0.338 e. The number of carbonyl (C=O) groups excluding carboxylic acids is 1. The zero-order chi connectivity index (χ0) is 21.0. The van der Waals surface area contributed by atoms with Crippen LogP contribution in [0.3, 0.4) is 0 Å². The van der Waals surface area contributed by atoms with Gasteiger partial charge in [0.2, 0.25) is 0 Å². The summed E-state index contributed by atoms with van der Waals surface area (Å²) in [6.45, 7) is -0.711. The molecule has 0 aliphatic heterocycles. The molecule has 1 atom stereocenters.